The van der Waals surface area contributed by atoms with Gasteiger partial charge in [-0.1, -0.05) is 19.9 Å². The van der Waals surface area contributed by atoms with Crippen LogP contribution in [0.25, 0.3) is 6.08 Å². The highest BCUT2D eigenvalue weighted by Crippen LogP contribution is 2.61. The Hall–Kier alpha value is -2.30. The Morgan fingerprint density at radius 3 is 2.64 bits per heavy atom. The van der Waals surface area contributed by atoms with Crippen molar-refractivity contribution in [2.24, 2.45) is 29.1 Å². The van der Waals surface area contributed by atoms with E-state index in [1.54, 1.807) is 0 Å². The first kappa shape index (κ1) is 22.5. The molecule has 1 amide bonds. The van der Waals surface area contributed by atoms with Crippen molar-refractivity contribution in [1.29, 1.82) is 0 Å². The van der Waals surface area contributed by atoms with Crippen LogP contribution in [0.4, 0.5) is 5.69 Å². The van der Waals surface area contributed by atoms with Gasteiger partial charge in [0, 0.05) is 43.7 Å². The van der Waals surface area contributed by atoms with E-state index in [0.717, 1.165) is 55.4 Å². The molecule has 1 aromatic carbocycles. The molecule has 6 rings (SSSR count). The fourth-order valence-corrected chi connectivity index (χ4v) is 6.97. The summed E-state index contributed by atoms with van der Waals surface area (Å²) in [5.74, 6) is 2.86. The lowest BCUT2D eigenvalue weighted by Crippen LogP contribution is -2.54. The molecule has 1 saturated heterocycles. The minimum absolute atomic E-state index is 0.240. The van der Waals surface area contributed by atoms with E-state index in [0.29, 0.717) is 30.1 Å². The highest BCUT2D eigenvalue weighted by molar-refractivity contribution is 5.96. The van der Waals surface area contributed by atoms with E-state index >= 15 is 0 Å². The normalized spacial score (nSPS) is 27.9. The smallest absolute Gasteiger partial charge is 0.334 e. The zero-order chi connectivity index (χ0) is 23.2. The molecule has 0 spiro atoms. The average Bonchev–Trinajstić information content (AvgIpc) is 3.26. The van der Waals surface area contributed by atoms with Crippen LogP contribution in [-0.4, -0.2) is 38.6 Å². The van der Waals surface area contributed by atoms with Gasteiger partial charge in [-0.15, -0.1) is 0 Å². The van der Waals surface area contributed by atoms with Gasteiger partial charge in [-0.2, -0.15) is 0 Å². The van der Waals surface area contributed by atoms with Crippen LogP contribution in [0.3, 0.4) is 0 Å². The molecule has 2 bridgehead atoms. The molecule has 1 aliphatic heterocycles. The van der Waals surface area contributed by atoms with Gasteiger partial charge in [0.2, 0.25) is 5.91 Å². The van der Waals surface area contributed by atoms with Crippen LogP contribution in [0, 0.1) is 29.1 Å². The Morgan fingerprint density at radius 2 is 1.94 bits per heavy atom. The number of fused-ring (bicyclic) bond motifs is 3. The van der Waals surface area contributed by atoms with E-state index in [2.05, 4.69) is 42.3 Å². The summed E-state index contributed by atoms with van der Waals surface area (Å²) in [6.45, 7) is 7.67. The van der Waals surface area contributed by atoms with Crippen LogP contribution >= 0.6 is 0 Å². The zero-order valence-corrected chi connectivity index (χ0v) is 20.4. The van der Waals surface area contributed by atoms with Gasteiger partial charge in [0.15, 0.2) is 0 Å². The number of hydrogen-bond donors (Lipinski definition) is 1. The van der Waals surface area contributed by atoms with E-state index in [9.17, 15) is 9.59 Å². The molecule has 0 unspecified atom stereocenters. The Labute approximate surface area is 197 Å². The van der Waals surface area contributed by atoms with Crippen LogP contribution in [-0.2, 0) is 20.7 Å². The van der Waals surface area contributed by atoms with Gasteiger partial charge in [0.1, 0.15) is 0 Å². The van der Waals surface area contributed by atoms with Gasteiger partial charge in [-0.25, -0.2) is 4.79 Å². The molecule has 4 aliphatic carbocycles. The monoisotopic (exact) mass is 450 g/mol. The van der Waals surface area contributed by atoms with Gasteiger partial charge >= 0.3 is 5.97 Å². The first-order valence-corrected chi connectivity index (χ1v) is 12.8. The van der Waals surface area contributed by atoms with Crippen molar-refractivity contribution in [2.75, 3.05) is 31.6 Å². The molecule has 5 heteroatoms. The Morgan fingerprint density at radius 1 is 1.15 bits per heavy atom. The molecule has 5 nitrogen and oxygen atoms in total. The van der Waals surface area contributed by atoms with E-state index in [1.165, 1.54) is 37.6 Å². The number of esters is 1. The summed E-state index contributed by atoms with van der Waals surface area (Å²) >= 11 is 0. The summed E-state index contributed by atoms with van der Waals surface area (Å²) in [6, 6.07) is 6.47. The Balaban J connectivity index is 1.07. The number of carbonyl (C=O) groups is 2. The third-order valence-electron chi connectivity index (χ3n) is 9.30. The van der Waals surface area contributed by atoms with Crippen molar-refractivity contribution in [3.63, 3.8) is 0 Å². The number of piperidine rings is 1. The van der Waals surface area contributed by atoms with Crippen molar-refractivity contribution >= 4 is 23.6 Å². The summed E-state index contributed by atoms with van der Waals surface area (Å²) in [5.41, 5.74) is 4.73. The lowest BCUT2D eigenvalue weighted by molar-refractivity contribution is -0.136. The van der Waals surface area contributed by atoms with Gasteiger partial charge in [-0.05, 0) is 90.5 Å². The molecule has 178 valence electrons. The largest absolute Gasteiger partial charge is 0.466 e. The Kier molecular flexibility index (Phi) is 6.00. The number of hydrogen-bond acceptors (Lipinski definition) is 4. The van der Waals surface area contributed by atoms with E-state index < -0.39 is 0 Å². The third-order valence-corrected chi connectivity index (χ3v) is 9.30. The molecule has 0 aromatic heterocycles. The summed E-state index contributed by atoms with van der Waals surface area (Å²) < 4.78 is 4.87. The lowest BCUT2D eigenvalue weighted by Gasteiger charge is -2.60. The number of methoxy groups -OCH3 is 1. The van der Waals surface area contributed by atoms with Gasteiger partial charge in [-0.3, -0.25) is 4.79 Å². The zero-order valence-electron chi connectivity index (χ0n) is 20.4. The second-order valence-electron chi connectivity index (χ2n) is 11.4. The molecule has 1 heterocycles. The second kappa shape index (κ2) is 8.81. The predicted molar refractivity (Wildman–Crippen MR) is 131 cm³/mol. The lowest BCUT2D eigenvalue weighted by atomic mass is 9.45. The van der Waals surface area contributed by atoms with Crippen LogP contribution < -0.4 is 10.2 Å². The maximum atomic E-state index is 12.7. The number of ether oxygens (including phenoxy) is 1. The highest BCUT2D eigenvalue weighted by atomic mass is 16.5. The number of benzene rings is 1. The van der Waals surface area contributed by atoms with Crippen molar-refractivity contribution in [2.45, 2.75) is 58.8 Å². The Bertz CT molecular complexity index is 956. The predicted octanol–water partition coefficient (Wildman–Crippen LogP) is 4.59. The molecule has 5 aliphatic rings. The molecule has 3 saturated carbocycles. The van der Waals surface area contributed by atoms with Crippen LogP contribution in [0.5, 0.6) is 0 Å². The van der Waals surface area contributed by atoms with E-state index in [-0.39, 0.29) is 11.9 Å². The van der Waals surface area contributed by atoms with Crippen molar-refractivity contribution < 1.29 is 14.3 Å². The van der Waals surface area contributed by atoms with Gasteiger partial charge < -0.3 is 15.0 Å². The molecular weight excluding hydrogens is 412 g/mol. The number of rotatable bonds is 6. The van der Waals surface area contributed by atoms with Crippen molar-refractivity contribution in [1.82, 2.24) is 5.32 Å². The first-order chi connectivity index (χ1) is 15.8. The fourth-order valence-electron chi connectivity index (χ4n) is 6.97. The van der Waals surface area contributed by atoms with Crippen molar-refractivity contribution in [3.05, 3.63) is 34.9 Å². The minimum Gasteiger partial charge on any atom is -0.466 e. The number of amides is 1. The maximum Gasteiger partial charge on any atom is 0.334 e. The molecule has 1 N–H and O–H groups in total. The maximum absolute atomic E-state index is 12.7. The topological polar surface area (TPSA) is 58.6 Å². The fraction of sp³-hybridized carbons (Fsp3) is 0.643. The van der Waals surface area contributed by atoms with Crippen LogP contribution in [0.2, 0.25) is 0 Å². The van der Waals surface area contributed by atoms with Gasteiger partial charge in [0.05, 0.1) is 7.11 Å². The first-order valence-electron chi connectivity index (χ1n) is 12.8. The third kappa shape index (κ3) is 4.31. The molecule has 33 heavy (non-hydrogen) atoms. The molecule has 3 atom stereocenters. The van der Waals surface area contributed by atoms with Gasteiger partial charge in [0.25, 0.3) is 0 Å². The highest BCUT2D eigenvalue weighted by Gasteiger charge is 2.53. The van der Waals surface area contributed by atoms with Crippen molar-refractivity contribution in [3.8, 4) is 0 Å². The summed E-state index contributed by atoms with van der Waals surface area (Å²) in [5, 5.41) is 3.29. The standard InChI is InChI=1S/C28H38N2O3/c1-28(2)23-6-4-20(25(28)16-23)17-29-26(31)12-18-8-10-30(11-9-18)24-7-5-19-13-22(27(32)33-3)14-21(19)15-24/h5,7,13,15,18,20,23,25H,4,6,8-12,14,16-17H2,1-3H3,(H,29,31)/t20-,23-,25-/m0/s1. The molecule has 1 aromatic rings. The molecular formula is C28H38N2O3. The molecule has 0 radical (unpaired) electrons. The van der Waals surface area contributed by atoms with Crippen LogP contribution in [0.15, 0.2) is 23.8 Å². The van der Waals surface area contributed by atoms with E-state index in [4.69, 9.17) is 4.74 Å². The number of nitrogens with one attached hydrogen (secondary N) is 1. The summed E-state index contributed by atoms with van der Waals surface area (Å²) in [4.78, 5) is 26.9. The van der Waals surface area contributed by atoms with E-state index in [1.807, 2.05) is 6.08 Å². The SMILES string of the molecule is COC(=O)C1=Cc2ccc(N3CCC(CC(=O)NC[C@@H]4CC[C@H]5C[C@@H]4C5(C)C)CC3)cc2C1. The second-order valence-corrected chi connectivity index (χ2v) is 11.4. The average molecular weight is 451 g/mol. The summed E-state index contributed by atoms with van der Waals surface area (Å²) in [7, 11) is 1.43. The minimum atomic E-state index is -0.240. The quantitative estimate of drug-likeness (QED) is 0.644. The van der Waals surface area contributed by atoms with Crippen LogP contribution in [0.1, 0.15) is 63.5 Å². The number of anilines is 1. The number of carbonyl (C=O) groups excluding carboxylic acids is 2. The number of nitrogens with zero attached hydrogens (tertiary/aromatic N) is 1. The molecule has 4 fully saturated rings. The summed E-state index contributed by atoms with van der Waals surface area (Å²) in [6.07, 6.45) is 9.34.